The lowest BCUT2D eigenvalue weighted by molar-refractivity contribution is 0.0698. The predicted octanol–water partition coefficient (Wildman–Crippen LogP) is 0.209. The molecule has 90 valence electrons. The molecule has 0 unspecified atom stereocenters. The first-order valence-corrected chi connectivity index (χ1v) is 5.44. The Morgan fingerprint density at radius 1 is 1.29 bits per heavy atom. The molecule has 1 rings (SSSR count). The lowest BCUT2D eigenvalue weighted by Gasteiger charge is -2.02. The Bertz CT molecular complexity index is 508. The summed E-state index contributed by atoms with van der Waals surface area (Å²) >= 11 is 2.00. The van der Waals surface area contributed by atoms with Crippen LogP contribution in [0.5, 0.6) is 0 Å². The summed E-state index contributed by atoms with van der Waals surface area (Å²) in [6, 6.07) is 4.71. The summed E-state index contributed by atoms with van der Waals surface area (Å²) in [6.45, 7) is 0. The van der Waals surface area contributed by atoms with Crippen LogP contribution in [0.15, 0.2) is 28.2 Å². The maximum absolute atomic E-state index is 11.0. The molecule has 0 fully saturated rings. The standard InChI is InChI=1S/C9H10IN5O2/c10-4-1-2-6(5(3-4)7(16)17)14-9(13)15-8(11)12/h1-3H,(H,16,17)(H6,11,12,13,14,15). The summed E-state index contributed by atoms with van der Waals surface area (Å²) in [6.07, 6.45) is 0. The summed E-state index contributed by atoms with van der Waals surface area (Å²) in [5.74, 6) is -1.54. The minimum atomic E-state index is -1.10. The maximum atomic E-state index is 11.0. The van der Waals surface area contributed by atoms with Gasteiger partial charge in [-0.3, -0.25) is 0 Å². The van der Waals surface area contributed by atoms with Gasteiger partial charge in [0.05, 0.1) is 11.3 Å². The summed E-state index contributed by atoms with van der Waals surface area (Å²) < 4.78 is 0.777. The van der Waals surface area contributed by atoms with E-state index >= 15 is 0 Å². The van der Waals surface area contributed by atoms with E-state index in [2.05, 4.69) is 9.98 Å². The lowest BCUT2D eigenvalue weighted by atomic mass is 10.2. The van der Waals surface area contributed by atoms with E-state index in [1.807, 2.05) is 22.6 Å². The fourth-order valence-corrected chi connectivity index (χ4v) is 1.55. The molecule has 17 heavy (non-hydrogen) atoms. The van der Waals surface area contributed by atoms with Crippen LogP contribution in [0.2, 0.25) is 0 Å². The molecule has 7 nitrogen and oxygen atoms in total. The van der Waals surface area contributed by atoms with Gasteiger partial charge < -0.3 is 22.3 Å². The fraction of sp³-hybridized carbons (Fsp3) is 0. The van der Waals surface area contributed by atoms with Crippen molar-refractivity contribution in [2.45, 2.75) is 0 Å². The zero-order valence-electron chi connectivity index (χ0n) is 8.59. The molecule has 0 heterocycles. The molecule has 0 bridgehead atoms. The number of nitrogens with zero attached hydrogens (tertiary/aromatic N) is 2. The molecule has 0 aliphatic rings. The summed E-state index contributed by atoms with van der Waals surface area (Å²) in [5.41, 5.74) is 15.9. The van der Waals surface area contributed by atoms with Gasteiger partial charge in [-0.15, -0.1) is 0 Å². The number of carboxylic acids is 1. The number of halogens is 1. The molecule has 0 radical (unpaired) electrons. The van der Waals surface area contributed by atoms with E-state index in [9.17, 15) is 4.79 Å². The topological polar surface area (TPSA) is 140 Å². The third kappa shape index (κ3) is 3.90. The van der Waals surface area contributed by atoms with E-state index < -0.39 is 5.97 Å². The maximum Gasteiger partial charge on any atom is 0.337 e. The van der Waals surface area contributed by atoms with Gasteiger partial charge in [0.2, 0.25) is 5.96 Å². The second kappa shape index (κ2) is 5.48. The van der Waals surface area contributed by atoms with Crippen molar-refractivity contribution in [2.75, 3.05) is 0 Å². The van der Waals surface area contributed by atoms with Crippen molar-refractivity contribution in [3.05, 3.63) is 27.3 Å². The molecule has 1 aromatic rings. The molecule has 0 amide bonds. The van der Waals surface area contributed by atoms with Gasteiger partial charge in [0, 0.05) is 3.57 Å². The Balaban J connectivity index is 3.23. The third-order valence-corrected chi connectivity index (χ3v) is 2.34. The first kappa shape index (κ1) is 13.2. The predicted molar refractivity (Wildman–Crippen MR) is 73.2 cm³/mol. The lowest BCUT2D eigenvalue weighted by Crippen LogP contribution is -2.26. The van der Waals surface area contributed by atoms with E-state index in [0.29, 0.717) is 0 Å². The Morgan fingerprint density at radius 3 is 2.47 bits per heavy atom. The van der Waals surface area contributed by atoms with Crippen LogP contribution in [0.3, 0.4) is 0 Å². The molecule has 0 saturated heterocycles. The first-order valence-electron chi connectivity index (χ1n) is 4.37. The van der Waals surface area contributed by atoms with Crippen molar-refractivity contribution in [1.29, 1.82) is 0 Å². The largest absolute Gasteiger partial charge is 0.478 e. The van der Waals surface area contributed by atoms with Crippen LogP contribution in [-0.2, 0) is 0 Å². The minimum absolute atomic E-state index is 0.0330. The van der Waals surface area contributed by atoms with Gasteiger partial charge in [-0.05, 0) is 40.8 Å². The van der Waals surface area contributed by atoms with Gasteiger partial charge in [0.1, 0.15) is 0 Å². The number of hydrogen-bond acceptors (Lipinski definition) is 2. The van der Waals surface area contributed by atoms with Crippen molar-refractivity contribution in [3.8, 4) is 0 Å². The molecule has 0 saturated carbocycles. The average Bonchev–Trinajstić information content (AvgIpc) is 2.19. The third-order valence-electron chi connectivity index (χ3n) is 1.67. The second-order valence-electron chi connectivity index (χ2n) is 2.97. The van der Waals surface area contributed by atoms with Gasteiger partial charge in [-0.1, -0.05) is 0 Å². The Morgan fingerprint density at radius 2 is 1.94 bits per heavy atom. The minimum Gasteiger partial charge on any atom is -0.478 e. The Labute approximate surface area is 111 Å². The molecule has 0 spiro atoms. The van der Waals surface area contributed by atoms with Crippen LogP contribution in [-0.4, -0.2) is 23.0 Å². The monoisotopic (exact) mass is 347 g/mol. The van der Waals surface area contributed by atoms with Crippen molar-refractivity contribution in [1.82, 2.24) is 0 Å². The van der Waals surface area contributed by atoms with Gasteiger partial charge in [-0.25, -0.2) is 9.79 Å². The highest BCUT2D eigenvalue weighted by atomic mass is 127. The average molecular weight is 347 g/mol. The number of hydrogen-bond donors (Lipinski definition) is 4. The highest BCUT2D eigenvalue weighted by Crippen LogP contribution is 2.21. The van der Waals surface area contributed by atoms with Gasteiger partial charge in [0.25, 0.3) is 0 Å². The smallest absolute Gasteiger partial charge is 0.337 e. The SMILES string of the molecule is NC(N)=NC(N)=Nc1ccc(I)cc1C(=O)O. The van der Waals surface area contributed by atoms with Gasteiger partial charge >= 0.3 is 5.97 Å². The molecule has 0 aliphatic carbocycles. The van der Waals surface area contributed by atoms with Crippen LogP contribution in [0.25, 0.3) is 0 Å². The molecule has 0 aromatic heterocycles. The zero-order chi connectivity index (χ0) is 13.0. The molecule has 0 aliphatic heterocycles. The van der Waals surface area contributed by atoms with Crippen LogP contribution in [0.1, 0.15) is 10.4 Å². The summed E-state index contributed by atoms with van der Waals surface area (Å²) in [4.78, 5) is 18.3. The van der Waals surface area contributed by atoms with E-state index in [4.69, 9.17) is 22.3 Å². The van der Waals surface area contributed by atoms with Crippen LogP contribution >= 0.6 is 22.6 Å². The molecule has 7 N–H and O–H groups in total. The Kier molecular flexibility index (Phi) is 4.26. The number of carboxylic acid groups (broad SMARTS) is 1. The first-order chi connectivity index (χ1) is 7.90. The number of aliphatic imine (C=N–C) groups is 2. The van der Waals surface area contributed by atoms with Crippen molar-refractivity contribution >= 4 is 46.2 Å². The van der Waals surface area contributed by atoms with Gasteiger partial charge in [-0.2, -0.15) is 4.99 Å². The highest BCUT2D eigenvalue weighted by Gasteiger charge is 2.10. The van der Waals surface area contributed by atoms with Crippen LogP contribution < -0.4 is 17.2 Å². The normalized spacial score (nSPS) is 11.0. The van der Waals surface area contributed by atoms with Crippen molar-refractivity contribution in [3.63, 3.8) is 0 Å². The van der Waals surface area contributed by atoms with Gasteiger partial charge in [0.15, 0.2) is 5.96 Å². The van der Waals surface area contributed by atoms with Crippen LogP contribution in [0, 0.1) is 3.57 Å². The number of guanidine groups is 2. The zero-order valence-corrected chi connectivity index (χ0v) is 10.7. The van der Waals surface area contributed by atoms with Crippen molar-refractivity contribution < 1.29 is 9.90 Å². The van der Waals surface area contributed by atoms with E-state index in [0.717, 1.165) is 3.57 Å². The summed E-state index contributed by atoms with van der Waals surface area (Å²) in [7, 11) is 0. The second-order valence-corrected chi connectivity index (χ2v) is 4.22. The van der Waals surface area contributed by atoms with Crippen LogP contribution in [0.4, 0.5) is 5.69 Å². The number of carbonyl (C=O) groups is 1. The number of benzene rings is 1. The van der Waals surface area contributed by atoms with Crippen molar-refractivity contribution in [2.24, 2.45) is 27.2 Å². The fourth-order valence-electron chi connectivity index (χ4n) is 1.06. The number of aromatic carboxylic acids is 1. The quantitative estimate of drug-likeness (QED) is 0.344. The Hall–Kier alpha value is -1.84. The number of rotatable bonds is 2. The molecular formula is C9H10IN5O2. The highest BCUT2D eigenvalue weighted by molar-refractivity contribution is 14.1. The summed E-state index contributed by atoms with van der Waals surface area (Å²) in [5, 5.41) is 8.99. The number of nitrogens with two attached hydrogens (primary N) is 3. The van der Waals surface area contributed by atoms with E-state index in [1.165, 1.54) is 12.1 Å². The molecule has 1 aromatic carbocycles. The van der Waals surface area contributed by atoms with E-state index in [-0.39, 0.29) is 23.2 Å². The molecule has 8 heteroatoms. The molecule has 0 atom stereocenters. The van der Waals surface area contributed by atoms with E-state index in [1.54, 1.807) is 6.07 Å². The molecular weight excluding hydrogens is 337 g/mol.